The first-order valence-corrected chi connectivity index (χ1v) is 7.60. The van der Waals surface area contributed by atoms with Crippen LogP contribution in [0.1, 0.15) is 28.5 Å². The Kier molecular flexibility index (Phi) is 4.09. The molecule has 4 N–H and O–H groups in total. The lowest BCUT2D eigenvalue weighted by Gasteiger charge is -2.20. The molecule has 6 heteroatoms. The quantitative estimate of drug-likeness (QED) is 0.592. The van der Waals surface area contributed by atoms with Crippen LogP contribution in [-0.4, -0.2) is 32.7 Å². The van der Waals surface area contributed by atoms with Crippen LogP contribution in [0.15, 0.2) is 42.6 Å². The van der Waals surface area contributed by atoms with Crippen LogP contribution in [0.25, 0.3) is 10.9 Å². The van der Waals surface area contributed by atoms with Crippen molar-refractivity contribution in [2.24, 2.45) is 0 Å². The number of aromatic nitrogens is 2. The number of aromatic amines is 1. The average Bonchev–Trinajstić information content (AvgIpc) is 3.04. The van der Waals surface area contributed by atoms with Crippen LogP contribution >= 0.6 is 0 Å². The number of hydrogen-bond acceptors (Lipinski definition) is 4. The zero-order valence-electron chi connectivity index (χ0n) is 13.5. The van der Waals surface area contributed by atoms with Crippen molar-refractivity contribution in [3.05, 3.63) is 59.4 Å². The second-order valence-electron chi connectivity index (χ2n) is 6.00. The Balaban J connectivity index is 1.81. The van der Waals surface area contributed by atoms with Crippen LogP contribution in [0.4, 0.5) is 5.82 Å². The maximum atomic E-state index is 12.4. The summed E-state index contributed by atoms with van der Waals surface area (Å²) in [6.45, 7) is 3.01. The molecule has 24 heavy (non-hydrogen) atoms. The molecule has 0 aliphatic rings. The van der Waals surface area contributed by atoms with Crippen LogP contribution < -0.4 is 5.32 Å². The summed E-state index contributed by atoms with van der Waals surface area (Å²) >= 11 is 0. The standard InChI is InChI=1S/C18H19N3O3/c1-11-14-7-8-19-15(14)9-16(20-11)21-17(23)12-3-5-13(6-4-12)18(2,24)10-22/h3-9,19,22,24H,10H2,1-2H3,(H,20,21,23)/t18-/m0/s1. The highest BCUT2D eigenvalue weighted by atomic mass is 16.3. The molecule has 0 unspecified atom stereocenters. The molecule has 3 rings (SSSR count). The molecule has 0 bridgehead atoms. The van der Waals surface area contributed by atoms with Gasteiger partial charge in [-0.1, -0.05) is 12.1 Å². The Morgan fingerprint density at radius 1 is 1.29 bits per heavy atom. The maximum Gasteiger partial charge on any atom is 0.256 e. The predicted octanol–water partition coefficient (Wildman–Crippen LogP) is 2.32. The summed E-state index contributed by atoms with van der Waals surface area (Å²) in [5.74, 6) is 0.182. The van der Waals surface area contributed by atoms with Crippen molar-refractivity contribution in [2.45, 2.75) is 19.4 Å². The molecule has 0 spiro atoms. The monoisotopic (exact) mass is 325 g/mol. The second-order valence-corrected chi connectivity index (χ2v) is 6.00. The third kappa shape index (κ3) is 3.02. The van der Waals surface area contributed by atoms with Gasteiger partial charge >= 0.3 is 0 Å². The smallest absolute Gasteiger partial charge is 0.256 e. The van der Waals surface area contributed by atoms with Crippen molar-refractivity contribution >= 4 is 22.6 Å². The van der Waals surface area contributed by atoms with Crippen LogP contribution in [0.3, 0.4) is 0 Å². The maximum absolute atomic E-state index is 12.4. The Bertz CT molecular complexity index is 882. The molecule has 124 valence electrons. The number of carbonyl (C=O) groups is 1. The highest BCUT2D eigenvalue weighted by molar-refractivity contribution is 6.04. The number of nitrogens with zero attached hydrogens (tertiary/aromatic N) is 1. The van der Waals surface area contributed by atoms with E-state index in [1.54, 1.807) is 30.3 Å². The van der Waals surface area contributed by atoms with Gasteiger partial charge in [0.1, 0.15) is 11.4 Å². The minimum Gasteiger partial charge on any atom is -0.393 e. The van der Waals surface area contributed by atoms with Crippen LogP contribution in [-0.2, 0) is 5.60 Å². The SMILES string of the molecule is Cc1nc(NC(=O)c2ccc([C@@](C)(O)CO)cc2)cc2[nH]ccc12. The molecule has 0 aliphatic heterocycles. The third-order valence-electron chi connectivity index (χ3n) is 4.06. The van der Waals surface area contributed by atoms with Crippen LogP contribution in [0.5, 0.6) is 0 Å². The number of amides is 1. The number of pyridine rings is 1. The zero-order chi connectivity index (χ0) is 17.3. The minimum absolute atomic E-state index is 0.289. The van der Waals surface area contributed by atoms with Gasteiger partial charge in [0.05, 0.1) is 12.1 Å². The molecule has 1 atom stereocenters. The zero-order valence-corrected chi connectivity index (χ0v) is 13.5. The number of aryl methyl sites for hydroxylation is 1. The molecule has 2 aromatic heterocycles. The molecule has 0 aliphatic carbocycles. The number of aliphatic hydroxyl groups is 2. The topological polar surface area (TPSA) is 98.2 Å². The fourth-order valence-electron chi connectivity index (χ4n) is 2.55. The summed E-state index contributed by atoms with van der Waals surface area (Å²) in [5, 5.41) is 23.0. The number of aliphatic hydroxyl groups excluding tert-OH is 1. The Morgan fingerprint density at radius 2 is 2.00 bits per heavy atom. The molecule has 1 aromatic carbocycles. The number of H-pyrrole nitrogens is 1. The van der Waals surface area contributed by atoms with Gasteiger partial charge < -0.3 is 20.5 Å². The molecule has 3 aromatic rings. The van der Waals surface area contributed by atoms with Gasteiger partial charge in [0.15, 0.2) is 0 Å². The minimum atomic E-state index is -1.33. The fourth-order valence-corrected chi connectivity index (χ4v) is 2.55. The summed E-state index contributed by atoms with van der Waals surface area (Å²) in [6, 6.07) is 10.2. The lowest BCUT2D eigenvalue weighted by molar-refractivity contribution is -0.00229. The molecule has 1 amide bonds. The summed E-state index contributed by atoms with van der Waals surface area (Å²) in [6.07, 6.45) is 1.83. The largest absolute Gasteiger partial charge is 0.393 e. The highest BCUT2D eigenvalue weighted by Crippen LogP contribution is 2.22. The molecular weight excluding hydrogens is 306 g/mol. The second kappa shape index (κ2) is 6.07. The van der Waals surface area contributed by atoms with Crippen molar-refractivity contribution in [3.63, 3.8) is 0 Å². The lowest BCUT2D eigenvalue weighted by Crippen LogP contribution is -2.25. The summed E-state index contributed by atoms with van der Waals surface area (Å²) in [4.78, 5) is 19.8. The molecule has 0 saturated carbocycles. The first kappa shape index (κ1) is 16.2. The molecular formula is C18H19N3O3. The van der Waals surface area contributed by atoms with Crippen molar-refractivity contribution in [2.75, 3.05) is 11.9 Å². The van der Waals surface area contributed by atoms with Crippen molar-refractivity contribution in [1.29, 1.82) is 0 Å². The number of hydrogen-bond donors (Lipinski definition) is 4. The number of anilines is 1. The Morgan fingerprint density at radius 3 is 2.67 bits per heavy atom. The molecule has 6 nitrogen and oxygen atoms in total. The Labute approximate surface area is 139 Å². The van der Waals surface area contributed by atoms with E-state index < -0.39 is 12.2 Å². The molecule has 0 fully saturated rings. The van der Waals surface area contributed by atoms with E-state index in [2.05, 4.69) is 15.3 Å². The van der Waals surface area contributed by atoms with E-state index in [0.29, 0.717) is 16.9 Å². The van der Waals surface area contributed by atoms with E-state index in [1.165, 1.54) is 6.92 Å². The molecule has 0 radical (unpaired) electrons. The van der Waals surface area contributed by atoms with Gasteiger partial charge in [-0.05, 0) is 37.6 Å². The first-order chi connectivity index (χ1) is 11.4. The number of rotatable bonds is 4. The van der Waals surface area contributed by atoms with E-state index in [4.69, 9.17) is 0 Å². The number of carbonyl (C=O) groups excluding carboxylic acids is 1. The third-order valence-corrected chi connectivity index (χ3v) is 4.06. The highest BCUT2D eigenvalue weighted by Gasteiger charge is 2.22. The van der Waals surface area contributed by atoms with Crippen molar-refractivity contribution in [1.82, 2.24) is 9.97 Å². The molecule has 2 heterocycles. The van der Waals surface area contributed by atoms with E-state index in [0.717, 1.165) is 16.6 Å². The van der Waals surface area contributed by atoms with Crippen LogP contribution in [0, 0.1) is 6.92 Å². The van der Waals surface area contributed by atoms with Crippen molar-refractivity contribution < 1.29 is 15.0 Å². The summed E-state index contributed by atoms with van der Waals surface area (Å²) in [7, 11) is 0. The fraction of sp³-hybridized carbons (Fsp3) is 0.222. The summed E-state index contributed by atoms with van der Waals surface area (Å²) in [5.41, 5.74) is 1.40. The van der Waals surface area contributed by atoms with E-state index in [1.807, 2.05) is 19.2 Å². The van der Waals surface area contributed by atoms with Crippen LogP contribution in [0.2, 0.25) is 0 Å². The van der Waals surface area contributed by atoms with Gasteiger partial charge in [0.25, 0.3) is 5.91 Å². The van der Waals surface area contributed by atoms with Gasteiger partial charge in [-0.15, -0.1) is 0 Å². The average molecular weight is 325 g/mol. The number of nitrogens with one attached hydrogen (secondary N) is 2. The van der Waals surface area contributed by atoms with Gasteiger partial charge in [0.2, 0.25) is 0 Å². The van der Waals surface area contributed by atoms with Gasteiger partial charge in [0, 0.05) is 28.9 Å². The first-order valence-electron chi connectivity index (χ1n) is 7.60. The van der Waals surface area contributed by atoms with E-state index in [-0.39, 0.29) is 5.91 Å². The van der Waals surface area contributed by atoms with E-state index >= 15 is 0 Å². The summed E-state index contributed by atoms with van der Waals surface area (Å²) < 4.78 is 0. The van der Waals surface area contributed by atoms with Gasteiger partial charge in [-0.3, -0.25) is 4.79 Å². The van der Waals surface area contributed by atoms with Crippen molar-refractivity contribution in [3.8, 4) is 0 Å². The van der Waals surface area contributed by atoms with Gasteiger partial charge in [-0.25, -0.2) is 4.98 Å². The van der Waals surface area contributed by atoms with E-state index in [9.17, 15) is 15.0 Å². The number of benzene rings is 1. The lowest BCUT2D eigenvalue weighted by atomic mass is 9.96. The number of fused-ring (bicyclic) bond motifs is 1. The normalized spacial score (nSPS) is 13.7. The van der Waals surface area contributed by atoms with Gasteiger partial charge in [-0.2, -0.15) is 0 Å². The predicted molar refractivity (Wildman–Crippen MR) is 91.9 cm³/mol. The Hall–Kier alpha value is -2.70. The molecule has 0 saturated heterocycles.